The second-order valence-electron chi connectivity index (χ2n) is 5.91. The Bertz CT molecular complexity index is 755. The first kappa shape index (κ1) is 17.3. The number of aryl methyl sites for hydroxylation is 1. The fourth-order valence-electron chi connectivity index (χ4n) is 2.90. The van der Waals surface area contributed by atoms with Crippen molar-refractivity contribution < 1.29 is 8.42 Å². The van der Waals surface area contributed by atoms with E-state index in [0.29, 0.717) is 37.6 Å². The number of benzene rings is 2. The molecule has 0 spiro atoms. The van der Waals surface area contributed by atoms with E-state index < -0.39 is 10.0 Å². The van der Waals surface area contributed by atoms with E-state index in [1.807, 2.05) is 54.6 Å². The quantitative estimate of drug-likeness (QED) is 0.818. The minimum Gasteiger partial charge on any atom is -0.369 e. The number of rotatable bonds is 5. The highest BCUT2D eigenvalue weighted by molar-refractivity contribution is 7.89. The maximum atomic E-state index is 12.5. The summed E-state index contributed by atoms with van der Waals surface area (Å²) < 4.78 is 26.7. The average Bonchev–Trinajstić information content (AvgIpc) is 2.62. The normalized spacial score (nSPS) is 16.3. The van der Waals surface area contributed by atoms with E-state index in [2.05, 4.69) is 4.90 Å². The van der Waals surface area contributed by atoms with E-state index >= 15 is 0 Å². The number of nitrogens with zero attached hydrogens (tertiary/aromatic N) is 2. The van der Waals surface area contributed by atoms with E-state index in [0.717, 1.165) is 11.3 Å². The summed E-state index contributed by atoms with van der Waals surface area (Å²) in [6.45, 7) is 2.46. The molecule has 0 saturated carbocycles. The number of hydrogen-bond donors (Lipinski definition) is 0. The molecule has 1 saturated heterocycles. The standard InChI is InChI=1S/C18H21ClN2O2S/c19-17-6-8-18(9-7-17)20-11-13-21(14-12-20)24(22,23)15-10-16-4-2-1-3-5-16/h1-9H,10-15H2. The van der Waals surface area contributed by atoms with Crippen molar-refractivity contribution in [2.45, 2.75) is 6.42 Å². The molecule has 0 amide bonds. The van der Waals surface area contributed by atoms with Crippen LogP contribution in [0.15, 0.2) is 54.6 Å². The topological polar surface area (TPSA) is 40.6 Å². The Morgan fingerprint density at radius 3 is 2.12 bits per heavy atom. The van der Waals surface area contributed by atoms with Crippen molar-refractivity contribution in [1.82, 2.24) is 4.31 Å². The number of hydrogen-bond acceptors (Lipinski definition) is 3. The van der Waals surface area contributed by atoms with Crippen LogP contribution in [0.5, 0.6) is 0 Å². The molecule has 1 heterocycles. The maximum Gasteiger partial charge on any atom is 0.214 e. The largest absolute Gasteiger partial charge is 0.369 e. The minimum absolute atomic E-state index is 0.165. The van der Waals surface area contributed by atoms with Crippen molar-refractivity contribution in [3.8, 4) is 0 Å². The molecule has 0 bridgehead atoms. The van der Waals surface area contributed by atoms with Crippen LogP contribution in [0.3, 0.4) is 0 Å². The van der Waals surface area contributed by atoms with Gasteiger partial charge in [0.05, 0.1) is 5.75 Å². The van der Waals surface area contributed by atoms with Crippen molar-refractivity contribution in [2.75, 3.05) is 36.8 Å². The molecule has 1 fully saturated rings. The van der Waals surface area contributed by atoms with Crippen LogP contribution in [0.4, 0.5) is 5.69 Å². The third-order valence-corrected chi connectivity index (χ3v) is 6.44. The highest BCUT2D eigenvalue weighted by Crippen LogP contribution is 2.20. The van der Waals surface area contributed by atoms with Gasteiger partial charge in [-0.1, -0.05) is 41.9 Å². The lowest BCUT2D eigenvalue weighted by atomic mass is 10.2. The summed E-state index contributed by atoms with van der Waals surface area (Å²) in [4.78, 5) is 2.19. The lowest BCUT2D eigenvalue weighted by Gasteiger charge is -2.35. The van der Waals surface area contributed by atoms with E-state index in [1.165, 1.54) is 0 Å². The molecule has 0 aliphatic carbocycles. The van der Waals surface area contributed by atoms with Crippen molar-refractivity contribution in [3.05, 3.63) is 65.2 Å². The monoisotopic (exact) mass is 364 g/mol. The average molecular weight is 365 g/mol. The van der Waals surface area contributed by atoms with E-state index in [-0.39, 0.29) is 5.75 Å². The highest BCUT2D eigenvalue weighted by atomic mass is 35.5. The van der Waals surface area contributed by atoms with Crippen LogP contribution in [-0.4, -0.2) is 44.7 Å². The third-order valence-electron chi connectivity index (χ3n) is 4.32. The van der Waals surface area contributed by atoms with Gasteiger partial charge >= 0.3 is 0 Å². The van der Waals surface area contributed by atoms with Crippen molar-refractivity contribution in [2.24, 2.45) is 0 Å². The van der Waals surface area contributed by atoms with Crippen LogP contribution >= 0.6 is 11.6 Å². The van der Waals surface area contributed by atoms with Gasteiger partial charge in [0.25, 0.3) is 0 Å². The lowest BCUT2D eigenvalue weighted by molar-refractivity contribution is 0.385. The second-order valence-corrected chi connectivity index (χ2v) is 8.44. The molecule has 0 unspecified atom stereocenters. The van der Waals surface area contributed by atoms with Gasteiger partial charge in [-0.25, -0.2) is 8.42 Å². The Kier molecular flexibility index (Phi) is 5.43. The number of sulfonamides is 1. The highest BCUT2D eigenvalue weighted by Gasteiger charge is 2.26. The number of halogens is 1. The van der Waals surface area contributed by atoms with Crippen LogP contribution in [0.2, 0.25) is 5.02 Å². The van der Waals surface area contributed by atoms with Crippen LogP contribution in [0.25, 0.3) is 0 Å². The molecule has 6 heteroatoms. The fraction of sp³-hybridized carbons (Fsp3) is 0.333. The molecule has 2 aromatic rings. The molecule has 0 N–H and O–H groups in total. The molecule has 1 aliphatic heterocycles. The van der Waals surface area contributed by atoms with Gasteiger partial charge in [0.1, 0.15) is 0 Å². The van der Waals surface area contributed by atoms with E-state index in [1.54, 1.807) is 4.31 Å². The van der Waals surface area contributed by atoms with Crippen molar-refractivity contribution in [3.63, 3.8) is 0 Å². The van der Waals surface area contributed by atoms with E-state index in [4.69, 9.17) is 11.6 Å². The predicted octanol–water partition coefficient (Wildman–Crippen LogP) is 3.03. The molecule has 1 aliphatic rings. The van der Waals surface area contributed by atoms with Gasteiger partial charge in [0.15, 0.2) is 0 Å². The first-order valence-corrected chi connectivity index (χ1v) is 10.1. The van der Waals surface area contributed by atoms with Gasteiger partial charge in [-0.05, 0) is 36.2 Å². The summed E-state index contributed by atoms with van der Waals surface area (Å²) in [6, 6.07) is 17.4. The van der Waals surface area contributed by atoms with Gasteiger partial charge in [-0.3, -0.25) is 0 Å². The zero-order chi connectivity index (χ0) is 17.0. The Hall–Kier alpha value is -1.56. The summed E-state index contributed by atoms with van der Waals surface area (Å²) in [5.74, 6) is 0.165. The zero-order valence-electron chi connectivity index (χ0n) is 13.4. The molecule has 24 heavy (non-hydrogen) atoms. The van der Waals surface area contributed by atoms with Crippen molar-refractivity contribution >= 4 is 27.3 Å². The Labute approximate surface area is 148 Å². The molecular formula is C18H21ClN2O2S. The molecule has 2 aromatic carbocycles. The molecular weight excluding hydrogens is 344 g/mol. The predicted molar refractivity (Wildman–Crippen MR) is 99.2 cm³/mol. The van der Waals surface area contributed by atoms with Gasteiger partial charge in [0.2, 0.25) is 10.0 Å². The summed E-state index contributed by atoms with van der Waals surface area (Å²) in [6.07, 6.45) is 0.556. The molecule has 128 valence electrons. The molecule has 0 aromatic heterocycles. The Morgan fingerprint density at radius 1 is 0.875 bits per heavy atom. The minimum atomic E-state index is -3.21. The zero-order valence-corrected chi connectivity index (χ0v) is 15.0. The van der Waals surface area contributed by atoms with Crippen LogP contribution in [0, 0.1) is 0 Å². The van der Waals surface area contributed by atoms with Gasteiger partial charge < -0.3 is 4.90 Å². The molecule has 4 nitrogen and oxygen atoms in total. The number of anilines is 1. The fourth-order valence-corrected chi connectivity index (χ4v) is 4.49. The third kappa shape index (κ3) is 4.29. The summed E-state index contributed by atoms with van der Waals surface area (Å²) in [7, 11) is -3.21. The summed E-state index contributed by atoms with van der Waals surface area (Å²) >= 11 is 5.91. The Balaban J connectivity index is 1.56. The van der Waals surface area contributed by atoms with Crippen molar-refractivity contribution in [1.29, 1.82) is 0 Å². The summed E-state index contributed by atoms with van der Waals surface area (Å²) in [5, 5.41) is 0.709. The van der Waals surface area contributed by atoms with Crippen LogP contribution in [0.1, 0.15) is 5.56 Å². The van der Waals surface area contributed by atoms with Gasteiger partial charge in [-0.2, -0.15) is 4.31 Å². The first-order valence-electron chi connectivity index (χ1n) is 8.07. The second kappa shape index (κ2) is 7.55. The van der Waals surface area contributed by atoms with Crippen LogP contribution < -0.4 is 4.90 Å². The van der Waals surface area contributed by atoms with Crippen LogP contribution in [-0.2, 0) is 16.4 Å². The Morgan fingerprint density at radius 2 is 1.50 bits per heavy atom. The number of piperazine rings is 1. The molecule has 0 atom stereocenters. The molecule has 0 radical (unpaired) electrons. The smallest absolute Gasteiger partial charge is 0.214 e. The molecule has 3 rings (SSSR count). The van der Waals surface area contributed by atoms with E-state index in [9.17, 15) is 8.42 Å². The SMILES string of the molecule is O=S(=O)(CCc1ccccc1)N1CCN(c2ccc(Cl)cc2)CC1. The van der Waals surface area contributed by atoms with Gasteiger partial charge in [0, 0.05) is 36.9 Å². The summed E-state index contributed by atoms with van der Waals surface area (Å²) in [5.41, 5.74) is 2.14. The lowest BCUT2D eigenvalue weighted by Crippen LogP contribution is -2.49. The maximum absolute atomic E-state index is 12.5. The first-order chi connectivity index (χ1) is 11.5. The van der Waals surface area contributed by atoms with Gasteiger partial charge in [-0.15, -0.1) is 0 Å².